The van der Waals surface area contributed by atoms with Crippen molar-refractivity contribution < 1.29 is 9.66 Å². The highest BCUT2D eigenvalue weighted by molar-refractivity contribution is 5.32. The second-order valence-corrected chi connectivity index (χ2v) is 4.84. The maximum absolute atomic E-state index is 10.5. The van der Waals surface area contributed by atoms with Crippen LogP contribution in [0.25, 0.3) is 0 Å². The van der Waals surface area contributed by atoms with Gasteiger partial charge in [-0.3, -0.25) is 10.1 Å². The third-order valence-corrected chi connectivity index (χ3v) is 2.84. The maximum Gasteiger partial charge on any atom is 0.269 e. The zero-order chi connectivity index (χ0) is 14.8. The quantitative estimate of drug-likeness (QED) is 0.398. The summed E-state index contributed by atoms with van der Waals surface area (Å²) in [6, 6.07) is 6.68. The van der Waals surface area contributed by atoms with Crippen LogP contribution in [0.5, 0.6) is 0 Å². The fourth-order valence-electron chi connectivity index (χ4n) is 1.64. The Bertz CT molecular complexity index is 393. The highest BCUT2D eigenvalue weighted by Crippen LogP contribution is 2.11. The van der Waals surface area contributed by atoms with E-state index in [0.29, 0.717) is 6.61 Å². The Morgan fingerprint density at radius 3 is 2.50 bits per heavy atom. The van der Waals surface area contributed by atoms with Crippen molar-refractivity contribution in [3.63, 3.8) is 0 Å². The molecular formula is C14H23N3O3. The molecule has 6 nitrogen and oxygen atoms in total. The molecule has 0 bridgehead atoms. The van der Waals surface area contributed by atoms with Gasteiger partial charge < -0.3 is 15.0 Å². The first kappa shape index (κ1) is 16.6. The van der Waals surface area contributed by atoms with Gasteiger partial charge in [0.1, 0.15) is 0 Å². The molecule has 0 aromatic heterocycles. The smallest absolute Gasteiger partial charge is 0.269 e. The summed E-state index contributed by atoms with van der Waals surface area (Å²) in [5, 5.41) is 13.8. The molecule has 20 heavy (non-hydrogen) atoms. The molecule has 0 aliphatic carbocycles. The van der Waals surface area contributed by atoms with Crippen molar-refractivity contribution in [3.05, 3.63) is 39.9 Å². The van der Waals surface area contributed by atoms with Gasteiger partial charge in [-0.2, -0.15) is 0 Å². The summed E-state index contributed by atoms with van der Waals surface area (Å²) in [6.07, 6.45) is 0.857. The van der Waals surface area contributed by atoms with Crippen molar-refractivity contribution in [2.75, 3.05) is 46.9 Å². The molecule has 1 aromatic rings. The number of likely N-dealkylation sites (N-methyl/N-ethyl adjacent to an activating group) is 1. The number of nitro groups is 1. The lowest BCUT2D eigenvalue weighted by Crippen LogP contribution is -2.24. The first-order valence-corrected chi connectivity index (χ1v) is 6.76. The summed E-state index contributed by atoms with van der Waals surface area (Å²) in [4.78, 5) is 12.2. The number of non-ortho nitro benzene ring substituents is 1. The Morgan fingerprint density at radius 2 is 1.90 bits per heavy atom. The van der Waals surface area contributed by atoms with Crippen molar-refractivity contribution in [1.29, 1.82) is 0 Å². The van der Waals surface area contributed by atoms with Crippen molar-refractivity contribution in [1.82, 2.24) is 10.2 Å². The van der Waals surface area contributed by atoms with E-state index in [1.165, 1.54) is 0 Å². The Kier molecular flexibility index (Phi) is 7.79. The number of hydrogen-bond donors (Lipinski definition) is 1. The van der Waals surface area contributed by atoms with Crippen LogP contribution in [0.3, 0.4) is 0 Å². The zero-order valence-electron chi connectivity index (χ0n) is 12.2. The van der Waals surface area contributed by atoms with E-state index in [1.807, 2.05) is 14.1 Å². The highest BCUT2D eigenvalue weighted by atomic mass is 16.6. The molecule has 0 aliphatic heterocycles. The molecule has 0 unspecified atom stereocenters. The largest absolute Gasteiger partial charge is 0.379 e. The number of rotatable bonds is 10. The second kappa shape index (κ2) is 9.41. The van der Waals surface area contributed by atoms with Crippen molar-refractivity contribution >= 4 is 5.69 Å². The minimum atomic E-state index is -0.382. The molecule has 112 valence electrons. The average Bonchev–Trinajstić information content (AvgIpc) is 2.42. The van der Waals surface area contributed by atoms with Crippen LogP contribution in [-0.4, -0.2) is 56.8 Å². The third kappa shape index (κ3) is 7.18. The van der Waals surface area contributed by atoms with Crippen LogP contribution in [0.15, 0.2) is 24.3 Å². The molecule has 0 radical (unpaired) electrons. The van der Waals surface area contributed by atoms with Crippen LogP contribution in [0.4, 0.5) is 5.69 Å². The van der Waals surface area contributed by atoms with Gasteiger partial charge in [0.05, 0.1) is 18.1 Å². The molecule has 1 N–H and O–H groups in total. The fourth-order valence-corrected chi connectivity index (χ4v) is 1.64. The van der Waals surface area contributed by atoms with Crippen LogP contribution >= 0.6 is 0 Å². The van der Waals surface area contributed by atoms with Gasteiger partial charge in [-0.05, 0) is 32.6 Å². The molecule has 0 atom stereocenters. The van der Waals surface area contributed by atoms with E-state index in [-0.39, 0.29) is 10.6 Å². The van der Waals surface area contributed by atoms with Gasteiger partial charge in [0, 0.05) is 25.2 Å². The molecule has 1 aromatic carbocycles. The van der Waals surface area contributed by atoms with E-state index in [9.17, 15) is 10.1 Å². The summed E-state index contributed by atoms with van der Waals surface area (Å²) < 4.78 is 5.46. The number of nitro benzene ring substituents is 1. The van der Waals surface area contributed by atoms with Crippen LogP contribution in [-0.2, 0) is 11.2 Å². The van der Waals surface area contributed by atoms with Gasteiger partial charge in [0.2, 0.25) is 0 Å². The summed E-state index contributed by atoms with van der Waals surface area (Å²) in [6.45, 7) is 4.04. The molecule has 6 heteroatoms. The Morgan fingerprint density at radius 1 is 1.20 bits per heavy atom. The SMILES string of the molecule is CN(C)CCOCCNCCc1ccc([N+](=O)[O-])cc1. The Hall–Kier alpha value is -1.50. The lowest BCUT2D eigenvalue weighted by atomic mass is 10.1. The third-order valence-electron chi connectivity index (χ3n) is 2.84. The minimum absolute atomic E-state index is 0.135. The van der Waals surface area contributed by atoms with Crippen LogP contribution in [0, 0.1) is 10.1 Å². The zero-order valence-corrected chi connectivity index (χ0v) is 12.2. The van der Waals surface area contributed by atoms with E-state index in [1.54, 1.807) is 24.3 Å². The molecule has 1 rings (SSSR count). The van der Waals surface area contributed by atoms with Crippen LogP contribution < -0.4 is 5.32 Å². The van der Waals surface area contributed by atoms with Gasteiger partial charge in [0.25, 0.3) is 5.69 Å². The standard InChI is InChI=1S/C14H23N3O3/c1-16(2)10-12-20-11-9-15-8-7-13-3-5-14(6-4-13)17(18)19/h3-6,15H,7-12H2,1-2H3. The van der Waals surface area contributed by atoms with Gasteiger partial charge in [-0.15, -0.1) is 0 Å². The Labute approximate surface area is 119 Å². The first-order valence-electron chi connectivity index (χ1n) is 6.76. The molecule has 0 aliphatic rings. The van der Waals surface area contributed by atoms with Gasteiger partial charge in [-0.1, -0.05) is 12.1 Å². The average molecular weight is 281 g/mol. The van der Waals surface area contributed by atoms with E-state index in [0.717, 1.165) is 38.2 Å². The van der Waals surface area contributed by atoms with E-state index < -0.39 is 0 Å². The fraction of sp³-hybridized carbons (Fsp3) is 0.571. The molecule has 0 saturated carbocycles. The number of nitrogens with one attached hydrogen (secondary N) is 1. The van der Waals surface area contributed by atoms with Gasteiger partial charge in [-0.25, -0.2) is 0 Å². The van der Waals surface area contributed by atoms with Gasteiger partial charge in [0.15, 0.2) is 0 Å². The predicted octanol–water partition coefficient (Wildman–Crippen LogP) is 1.31. The normalized spacial score (nSPS) is 10.9. The minimum Gasteiger partial charge on any atom is -0.379 e. The maximum atomic E-state index is 10.5. The van der Waals surface area contributed by atoms with Crippen molar-refractivity contribution in [2.24, 2.45) is 0 Å². The number of benzene rings is 1. The predicted molar refractivity (Wildman–Crippen MR) is 79.0 cm³/mol. The van der Waals surface area contributed by atoms with Crippen LogP contribution in [0.1, 0.15) is 5.56 Å². The molecule has 0 spiro atoms. The molecular weight excluding hydrogens is 258 g/mol. The number of hydrogen-bond acceptors (Lipinski definition) is 5. The van der Waals surface area contributed by atoms with Gasteiger partial charge >= 0.3 is 0 Å². The second-order valence-electron chi connectivity index (χ2n) is 4.84. The van der Waals surface area contributed by atoms with E-state index in [2.05, 4.69) is 10.2 Å². The summed E-state index contributed by atoms with van der Waals surface area (Å²) in [7, 11) is 4.04. The molecule has 0 amide bonds. The molecule has 0 saturated heterocycles. The van der Waals surface area contributed by atoms with Crippen molar-refractivity contribution in [3.8, 4) is 0 Å². The highest BCUT2D eigenvalue weighted by Gasteiger charge is 2.03. The van der Waals surface area contributed by atoms with E-state index in [4.69, 9.17) is 4.74 Å². The lowest BCUT2D eigenvalue weighted by molar-refractivity contribution is -0.384. The number of nitrogens with zero attached hydrogens (tertiary/aromatic N) is 2. The molecule has 0 heterocycles. The Balaban J connectivity index is 2.05. The van der Waals surface area contributed by atoms with Crippen LogP contribution in [0.2, 0.25) is 0 Å². The molecule has 0 fully saturated rings. The monoisotopic (exact) mass is 281 g/mol. The number of ether oxygens (including phenoxy) is 1. The summed E-state index contributed by atoms with van der Waals surface area (Å²) >= 11 is 0. The van der Waals surface area contributed by atoms with Crippen molar-refractivity contribution in [2.45, 2.75) is 6.42 Å². The first-order chi connectivity index (χ1) is 9.59. The summed E-state index contributed by atoms with van der Waals surface area (Å²) in [5.41, 5.74) is 1.23. The summed E-state index contributed by atoms with van der Waals surface area (Å²) in [5.74, 6) is 0. The lowest BCUT2D eigenvalue weighted by Gasteiger charge is -2.10. The topological polar surface area (TPSA) is 67.6 Å². The van der Waals surface area contributed by atoms with E-state index >= 15 is 0 Å².